The molecule has 13 heteroatoms. The minimum atomic E-state index is -1.23. The lowest BCUT2D eigenvalue weighted by atomic mass is 10.0. The molecule has 0 radical (unpaired) electrons. The highest BCUT2D eigenvalue weighted by molar-refractivity contribution is 5.94. The predicted molar refractivity (Wildman–Crippen MR) is 124 cm³/mol. The second kappa shape index (κ2) is 12.8. The third-order valence-electron chi connectivity index (χ3n) is 5.79. The topological polar surface area (TPSA) is 214 Å². The van der Waals surface area contributed by atoms with Crippen molar-refractivity contribution in [2.45, 2.75) is 76.5 Å². The molecule has 8 N–H and O–H groups in total. The first-order valence-corrected chi connectivity index (χ1v) is 11.6. The first kappa shape index (κ1) is 27.8. The number of aromatic amines is 1. The average Bonchev–Trinajstić information content (AvgIpc) is 3.46. The Balaban J connectivity index is 2.12. The molecule has 2 rings (SSSR count). The molecule has 1 fully saturated rings. The van der Waals surface area contributed by atoms with Crippen LogP contribution in [0.15, 0.2) is 12.5 Å². The maximum atomic E-state index is 13.3. The molecule has 1 aliphatic heterocycles. The van der Waals surface area contributed by atoms with Gasteiger partial charge in [0.25, 0.3) is 0 Å². The third kappa shape index (κ3) is 8.35. The molecule has 1 aromatic heterocycles. The summed E-state index contributed by atoms with van der Waals surface area (Å²) in [6.07, 6.45) is 3.92. The van der Waals surface area contributed by atoms with E-state index >= 15 is 0 Å². The highest BCUT2D eigenvalue weighted by Crippen LogP contribution is 2.20. The number of nitrogens with zero attached hydrogens (tertiary/aromatic N) is 2. The van der Waals surface area contributed by atoms with E-state index in [0.29, 0.717) is 25.0 Å². The van der Waals surface area contributed by atoms with Crippen molar-refractivity contribution in [3.8, 4) is 0 Å². The summed E-state index contributed by atoms with van der Waals surface area (Å²) in [6, 6.07) is -4.07. The Morgan fingerprint density at radius 1 is 1.23 bits per heavy atom. The molecule has 0 bridgehead atoms. The lowest BCUT2D eigenvalue weighted by Crippen LogP contribution is -2.57. The van der Waals surface area contributed by atoms with Crippen molar-refractivity contribution in [2.24, 2.45) is 17.4 Å². The summed E-state index contributed by atoms with van der Waals surface area (Å²) in [5, 5.41) is 14.6. The Kier molecular flexibility index (Phi) is 10.2. The second-order valence-electron chi connectivity index (χ2n) is 9.17. The summed E-state index contributed by atoms with van der Waals surface area (Å²) in [5.74, 6) is -3.40. The van der Waals surface area contributed by atoms with E-state index in [1.54, 1.807) is 0 Å². The Labute approximate surface area is 203 Å². The third-order valence-corrected chi connectivity index (χ3v) is 5.79. The van der Waals surface area contributed by atoms with Crippen LogP contribution in [0.25, 0.3) is 0 Å². The van der Waals surface area contributed by atoms with Gasteiger partial charge in [-0.15, -0.1) is 0 Å². The molecule has 0 aliphatic carbocycles. The number of imidazole rings is 1. The number of aromatic nitrogens is 2. The summed E-state index contributed by atoms with van der Waals surface area (Å²) >= 11 is 0. The summed E-state index contributed by atoms with van der Waals surface area (Å²) in [6.45, 7) is 4.07. The van der Waals surface area contributed by atoms with Gasteiger partial charge in [0.1, 0.15) is 18.1 Å². The van der Waals surface area contributed by atoms with Crippen LogP contribution in [-0.2, 0) is 30.4 Å². The van der Waals surface area contributed by atoms with E-state index in [1.165, 1.54) is 17.4 Å². The quantitative estimate of drug-likeness (QED) is 0.192. The second-order valence-corrected chi connectivity index (χ2v) is 9.17. The number of nitrogens with two attached hydrogens (primary N) is 2. The number of amides is 4. The number of hydrogen-bond acceptors (Lipinski definition) is 7. The number of hydrogen-bond donors (Lipinski definition) is 6. The first-order valence-electron chi connectivity index (χ1n) is 11.6. The van der Waals surface area contributed by atoms with Crippen molar-refractivity contribution in [3.63, 3.8) is 0 Å². The van der Waals surface area contributed by atoms with Gasteiger partial charge in [-0.1, -0.05) is 13.8 Å². The minimum absolute atomic E-state index is 0.00717. The van der Waals surface area contributed by atoms with E-state index in [9.17, 15) is 29.1 Å². The molecular formula is C22H35N7O6. The minimum Gasteiger partial charge on any atom is -0.480 e. The molecule has 4 amide bonds. The lowest BCUT2D eigenvalue weighted by molar-refractivity contribution is -0.145. The van der Waals surface area contributed by atoms with Crippen LogP contribution in [0.5, 0.6) is 0 Å². The SMILES string of the molecule is CC(C)CC(N)C(=O)NC(CCC(N)=O)C(=O)N1CCCC1C(=O)NC(Cc1cnc[nH]1)C(=O)O. The fourth-order valence-corrected chi connectivity index (χ4v) is 4.03. The Morgan fingerprint density at radius 2 is 1.94 bits per heavy atom. The molecule has 4 atom stereocenters. The lowest BCUT2D eigenvalue weighted by Gasteiger charge is -2.30. The van der Waals surface area contributed by atoms with E-state index in [2.05, 4.69) is 20.6 Å². The molecule has 2 heterocycles. The van der Waals surface area contributed by atoms with Crippen molar-refractivity contribution in [2.75, 3.05) is 6.54 Å². The Bertz CT molecular complexity index is 904. The number of aliphatic carboxylic acids is 1. The van der Waals surface area contributed by atoms with Crippen molar-refractivity contribution in [1.29, 1.82) is 0 Å². The van der Waals surface area contributed by atoms with Crippen LogP contribution in [-0.4, -0.2) is 80.3 Å². The van der Waals surface area contributed by atoms with E-state index < -0.39 is 53.8 Å². The number of H-pyrrole nitrogens is 1. The van der Waals surface area contributed by atoms with E-state index in [-0.39, 0.29) is 31.7 Å². The molecular weight excluding hydrogens is 458 g/mol. The van der Waals surface area contributed by atoms with Crippen LogP contribution in [0.2, 0.25) is 0 Å². The van der Waals surface area contributed by atoms with Crippen LogP contribution in [0.3, 0.4) is 0 Å². The standard InChI is InChI=1S/C22H35N7O6/c1-12(2)8-14(23)19(31)27-15(5-6-18(24)30)21(33)29-7-3-4-17(29)20(32)28-16(22(34)35)9-13-10-25-11-26-13/h10-12,14-17H,3-9,23H2,1-2H3,(H2,24,30)(H,25,26)(H,27,31)(H,28,32)(H,34,35). The average molecular weight is 494 g/mol. The van der Waals surface area contributed by atoms with Crippen molar-refractivity contribution in [1.82, 2.24) is 25.5 Å². The maximum absolute atomic E-state index is 13.3. The smallest absolute Gasteiger partial charge is 0.326 e. The van der Waals surface area contributed by atoms with Crippen LogP contribution in [0, 0.1) is 5.92 Å². The van der Waals surface area contributed by atoms with Gasteiger partial charge in [0.2, 0.25) is 23.6 Å². The molecule has 1 aliphatic rings. The number of primary amides is 1. The molecule has 35 heavy (non-hydrogen) atoms. The summed E-state index contributed by atoms with van der Waals surface area (Å²) in [5.41, 5.74) is 11.7. The van der Waals surface area contributed by atoms with Gasteiger partial charge in [-0.3, -0.25) is 19.2 Å². The molecule has 0 spiro atoms. The number of carboxylic acids is 1. The summed E-state index contributed by atoms with van der Waals surface area (Å²) in [4.78, 5) is 69.8. The van der Waals surface area contributed by atoms with Crippen LogP contribution >= 0.6 is 0 Å². The van der Waals surface area contributed by atoms with Crippen molar-refractivity contribution in [3.05, 3.63) is 18.2 Å². The zero-order chi connectivity index (χ0) is 26.1. The maximum Gasteiger partial charge on any atom is 0.326 e. The Morgan fingerprint density at radius 3 is 2.51 bits per heavy atom. The molecule has 1 aromatic rings. The number of carbonyl (C=O) groups excluding carboxylic acids is 4. The van der Waals surface area contributed by atoms with Gasteiger partial charge < -0.3 is 37.1 Å². The fourth-order valence-electron chi connectivity index (χ4n) is 4.03. The molecule has 0 saturated carbocycles. The van der Waals surface area contributed by atoms with Gasteiger partial charge in [-0.2, -0.15) is 0 Å². The van der Waals surface area contributed by atoms with Gasteiger partial charge in [0.05, 0.1) is 12.4 Å². The zero-order valence-electron chi connectivity index (χ0n) is 20.0. The van der Waals surface area contributed by atoms with Gasteiger partial charge >= 0.3 is 5.97 Å². The van der Waals surface area contributed by atoms with E-state index in [4.69, 9.17) is 11.5 Å². The Hall–Kier alpha value is -3.48. The number of carbonyl (C=O) groups is 5. The van der Waals surface area contributed by atoms with Crippen LogP contribution in [0.4, 0.5) is 0 Å². The molecule has 13 nitrogen and oxygen atoms in total. The summed E-state index contributed by atoms with van der Waals surface area (Å²) in [7, 11) is 0. The highest BCUT2D eigenvalue weighted by atomic mass is 16.4. The first-order chi connectivity index (χ1) is 16.5. The summed E-state index contributed by atoms with van der Waals surface area (Å²) < 4.78 is 0. The molecule has 0 aromatic carbocycles. The molecule has 194 valence electrons. The normalized spacial score (nSPS) is 18.1. The van der Waals surface area contributed by atoms with Gasteiger partial charge in [-0.05, 0) is 31.6 Å². The van der Waals surface area contributed by atoms with Gasteiger partial charge in [-0.25, -0.2) is 9.78 Å². The molecule has 1 saturated heterocycles. The largest absolute Gasteiger partial charge is 0.480 e. The highest BCUT2D eigenvalue weighted by Gasteiger charge is 2.39. The number of carboxylic acid groups (broad SMARTS) is 1. The number of likely N-dealkylation sites (tertiary alicyclic amines) is 1. The van der Waals surface area contributed by atoms with Gasteiger partial charge in [0, 0.05) is 31.3 Å². The molecule has 4 unspecified atom stereocenters. The van der Waals surface area contributed by atoms with Crippen molar-refractivity contribution < 1.29 is 29.1 Å². The fraction of sp³-hybridized carbons (Fsp3) is 0.636. The monoisotopic (exact) mass is 493 g/mol. The van der Waals surface area contributed by atoms with E-state index in [1.807, 2.05) is 13.8 Å². The van der Waals surface area contributed by atoms with Crippen LogP contribution < -0.4 is 22.1 Å². The predicted octanol–water partition coefficient (Wildman–Crippen LogP) is -1.36. The van der Waals surface area contributed by atoms with Crippen molar-refractivity contribution >= 4 is 29.6 Å². The van der Waals surface area contributed by atoms with Crippen LogP contribution in [0.1, 0.15) is 51.6 Å². The number of rotatable bonds is 13. The number of nitrogens with one attached hydrogen (secondary N) is 3. The van der Waals surface area contributed by atoms with Gasteiger partial charge in [0.15, 0.2) is 0 Å². The van der Waals surface area contributed by atoms with E-state index in [0.717, 1.165) is 0 Å². The zero-order valence-corrected chi connectivity index (χ0v) is 20.0.